The maximum Gasteiger partial charge on any atom is 0.304 e. The van der Waals surface area contributed by atoms with Gasteiger partial charge in [-0.15, -0.1) is 0 Å². The molecule has 0 aromatic rings. The Kier molecular flexibility index (Phi) is 15.2. The maximum absolute atomic E-state index is 9.55. The third-order valence-electron chi connectivity index (χ3n) is 0.455. The molecule has 0 aliphatic heterocycles. The molecule has 0 fully saturated rings. The molecule has 0 aliphatic rings. The first-order valence-electron chi connectivity index (χ1n) is 2.78. The zero-order chi connectivity index (χ0) is 8.41. The number of thiol groups is 1. The monoisotopic (exact) mass is 184 g/mol. The molecule has 10 heavy (non-hydrogen) atoms. The van der Waals surface area contributed by atoms with Gasteiger partial charge in [-0.3, -0.25) is 4.79 Å². The van der Waals surface area contributed by atoms with E-state index in [1.54, 1.807) is 0 Å². The van der Waals surface area contributed by atoms with E-state index >= 15 is 0 Å². The molecule has 0 atom stereocenters. The van der Waals surface area contributed by atoms with E-state index in [1.165, 1.54) is 0 Å². The van der Waals surface area contributed by atoms with Gasteiger partial charge in [-0.25, -0.2) is 0 Å². The highest BCUT2D eigenvalue weighted by atomic mass is 32.2. The summed E-state index contributed by atoms with van der Waals surface area (Å²) in [5, 5.41) is 7.86. The van der Waals surface area contributed by atoms with Crippen molar-refractivity contribution in [1.29, 1.82) is 0 Å². The molecule has 0 aliphatic carbocycles. The molecule has 0 unspecified atom stereocenters. The van der Waals surface area contributed by atoms with Crippen molar-refractivity contribution in [3.8, 4) is 0 Å². The number of hydrogen-bond donors (Lipinski definition) is 3. The van der Waals surface area contributed by atoms with E-state index in [-0.39, 0.29) is 6.42 Å². The molecule has 5 heteroatoms. The predicted molar refractivity (Wildman–Crippen MR) is 46.9 cm³/mol. The van der Waals surface area contributed by atoms with Crippen LogP contribution in [0.25, 0.3) is 0 Å². The molecule has 0 rings (SSSR count). The highest BCUT2D eigenvalue weighted by molar-refractivity contribution is 7.93. The van der Waals surface area contributed by atoms with Crippen LogP contribution in [0.4, 0.5) is 0 Å². The summed E-state index contributed by atoms with van der Waals surface area (Å²) in [6.45, 7) is 1.89. The third kappa shape index (κ3) is 24.2. The van der Waals surface area contributed by atoms with Crippen LogP contribution in [0, 0.1) is 0 Å². The van der Waals surface area contributed by atoms with Crippen LogP contribution in [0.15, 0.2) is 0 Å². The van der Waals surface area contributed by atoms with Crippen LogP contribution < -0.4 is 0 Å². The Hall–Kier alpha value is 0.130. The fraction of sp³-hybridized carbons (Fsp3) is 0.800. The summed E-state index contributed by atoms with van der Waals surface area (Å²) in [4.78, 5) is 9.55. The molecule has 0 spiro atoms. The predicted octanol–water partition coefficient (Wildman–Crippen LogP) is 1.60. The molecule has 0 bridgehead atoms. The highest BCUT2D eigenvalue weighted by Crippen LogP contribution is 1.82. The average Bonchev–Trinajstić information content (AvgIpc) is 1.89. The van der Waals surface area contributed by atoms with Gasteiger partial charge in [0.25, 0.3) is 0 Å². The van der Waals surface area contributed by atoms with E-state index in [4.69, 9.17) is 9.66 Å². The van der Waals surface area contributed by atoms with Gasteiger partial charge in [0.15, 0.2) is 0 Å². The largest absolute Gasteiger partial charge is 0.481 e. The number of carboxylic acid groups (broad SMARTS) is 1. The summed E-state index contributed by atoms with van der Waals surface area (Å²) in [5.41, 5.74) is 0. The zero-order valence-corrected chi connectivity index (χ0v) is 7.49. The Balaban J connectivity index is 0. The van der Waals surface area contributed by atoms with Gasteiger partial charge in [-0.2, -0.15) is 12.6 Å². The Morgan fingerprint density at radius 2 is 2.10 bits per heavy atom. The number of rotatable bonds is 3. The van der Waals surface area contributed by atoms with Crippen molar-refractivity contribution in [1.82, 2.24) is 0 Å². The van der Waals surface area contributed by atoms with Crippen LogP contribution in [0.3, 0.4) is 0 Å². The van der Waals surface area contributed by atoms with E-state index in [0.717, 1.165) is 17.8 Å². The molecule has 0 aromatic carbocycles. The Bertz CT molecular complexity index is 75.3. The molecular formula is C5H12O3S2. The number of carboxylic acids is 1. The first kappa shape index (κ1) is 12.8. The van der Waals surface area contributed by atoms with Gasteiger partial charge in [-0.05, 0) is 12.0 Å². The van der Waals surface area contributed by atoms with Crippen LogP contribution in [0.2, 0.25) is 0 Å². The Morgan fingerprint density at radius 1 is 1.70 bits per heavy atom. The summed E-state index contributed by atoms with van der Waals surface area (Å²) in [7, 11) is 0. The summed E-state index contributed by atoms with van der Waals surface area (Å²) in [5.74, 6) is 0.431. The molecular weight excluding hydrogens is 172 g/mol. The van der Waals surface area contributed by atoms with Gasteiger partial charge in [0.05, 0.1) is 6.42 Å². The standard InChI is InChI=1S/C3H6O2S.C2H6OS/c4-3(5)1-2-6;1-2-4-3/h6H,1-2H2,(H,4,5);3H,2H2,1H3. The molecule has 0 radical (unpaired) electrons. The van der Waals surface area contributed by atoms with E-state index in [0.29, 0.717) is 5.75 Å². The van der Waals surface area contributed by atoms with E-state index in [9.17, 15) is 4.79 Å². The molecule has 0 aromatic heterocycles. The summed E-state index contributed by atoms with van der Waals surface area (Å²) >= 11 is 4.54. The van der Waals surface area contributed by atoms with Crippen molar-refractivity contribution < 1.29 is 14.5 Å². The van der Waals surface area contributed by atoms with Crippen LogP contribution in [0.1, 0.15) is 13.3 Å². The molecule has 62 valence electrons. The molecule has 0 saturated carbocycles. The summed E-state index contributed by atoms with van der Waals surface area (Å²) < 4.78 is 7.79. The van der Waals surface area contributed by atoms with Gasteiger partial charge in [0.1, 0.15) is 0 Å². The second-order valence-corrected chi connectivity index (χ2v) is 2.57. The number of carbonyl (C=O) groups is 1. The van der Waals surface area contributed by atoms with Crippen molar-refractivity contribution in [3.63, 3.8) is 0 Å². The minimum atomic E-state index is -0.787. The summed E-state index contributed by atoms with van der Waals surface area (Å²) in [6, 6.07) is 0. The number of hydrogen-bond acceptors (Lipinski definition) is 4. The van der Waals surface area contributed by atoms with Crippen molar-refractivity contribution in [2.75, 3.05) is 11.5 Å². The van der Waals surface area contributed by atoms with E-state index in [1.807, 2.05) is 6.92 Å². The molecule has 0 saturated heterocycles. The van der Waals surface area contributed by atoms with Gasteiger partial charge in [-0.1, -0.05) is 6.92 Å². The third-order valence-corrected chi connectivity index (χ3v) is 0.937. The van der Waals surface area contributed by atoms with Crippen LogP contribution in [0.5, 0.6) is 0 Å². The number of aliphatic carboxylic acids is 1. The lowest BCUT2D eigenvalue weighted by Crippen LogP contribution is -1.93. The Morgan fingerprint density at radius 3 is 2.10 bits per heavy atom. The fourth-order valence-corrected chi connectivity index (χ4v) is 0.287. The van der Waals surface area contributed by atoms with Crippen LogP contribution in [-0.2, 0) is 4.79 Å². The van der Waals surface area contributed by atoms with Gasteiger partial charge < -0.3 is 9.66 Å². The first-order valence-corrected chi connectivity index (χ1v) is 4.35. The van der Waals surface area contributed by atoms with Gasteiger partial charge >= 0.3 is 5.97 Å². The fourth-order valence-electron chi connectivity index (χ4n) is 0.0956. The van der Waals surface area contributed by atoms with Crippen molar-refractivity contribution in [3.05, 3.63) is 0 Å². The van der Waals surface area contributed by atoms with Crippen LogP contribution in [-0.4, -0.2) is 27.1 Å². The normalized spacial score (nSPS) is 7.90. The second kappa shape index (κ2) is 11.9. The lowest BCUT2D eigenvalue weighted by molar-refractivity contribution is -0.136. The first-order chi connectivity index (χ1) is 4.68. The Labute approximate surface area is 70.4 Å². The quantitative estimate of drug-likeness (QED) is 0.460. The highest BCUT2D eigenvalue weighted by Gasteiger charge is 1.88. The van der Waals surface area contributed by atoms with Crippen molar-refractivity contribution in [2.24, 2.45) is 0 Å². The van der Waals surface area contributed by atoms with Crippen molar-refractivity contribution in [2.45, 2.75) is 13.3 Å². The average molecular weight is 184 g/mol. The van der Waals surface area contributed by atoms with Gasteiger partial charge in [0, 0.05) is 11.5 Å². The molecule has 0 amide bonds. The lowest BCUT2D eigenvalue weighted by atomic mass is 10.5. The minimum absolute atomic E-state index is 0.156. The molecule has 2 N–H and O–H groups in total. The minimum Gasteiger partial charge on any atom is -0.481 e. The smallest absolute Gasteiger partial charge is 0.304 e. The van der Waals surface area contributed by atoms with Gasteiger partial charge in [0.2, 0.25) is 0 Å². The molecule has 0 heterocycles. The lowest BCUT2D eigenvalue weighted by Gasteiger charge is -1.79. The van der Waals surface area contributed by atoms with E-state index < -0.39 is 5.97 Å². The SMILES string of the molecule is CCSO.O=C(O)CCS. The zero-order valence-electron chi connectivity index (χ0n) is 5.78. The second-order valence-electron chi connectivity index (χ2n) is 1.29. The molecule has 3 nitrogen and oxygen atoms in total. The van der Waals surface area contributed by atoms with Crippen LogP contribution >= 0.6 is 24.7 Å². The van der Waals surface area contributed by atoms with E-state index in [2.05, 4.69) is 12.6 Å². The van der Waals surface area contributed by atoms with Crippen molar-refractivity contribution >= 4 is 30.6 Å². The topological polar surface area (TPSA) is 57.5 Å². The summed E-state index contributed by atoms with van der Waals surface area (Å²) in [6.07, 6.45) is 0.156. The maximum atomic E-state index is 9.55.